The standard InChI is InChI=1S/C18H15N3O3/c1-17-5-6-18(2,24-17)14-13(17)15(22)21(16(14)23)12-4-3-10(8-19)11(7-12)9-20/h3-4,7,22-23H,5-6H2,1-2H3/t17-,18+. The highest BCUT2D eigenvalue weighted by atomic mass is 16.5. The summed E-state index contributed by atoms with van der Waals surface area (Å²) in [5.41, 5.74) is 0.847. The molecule has 24 heavy (non-hydrogen) atoms. The fourth-order valence-electron chi connectivity index (χ4n) is 4.08. The molecule has 0 saturated carbocycles. The third-order valence-electron chi connectivity index (χ3n) is 5.21. The van der Waals surface area contributed by atoms with Crippen LogP contribution in [0, 0.1) is 22.7 Å². The lowest BCUT2D eigenvalue weighted by Crippen LogP contribution is -2.17. The van der Waals surface area contributed by atoms with E-state index in [1.165, 1.54) is 16.7 Å². The van der Waals surface area contributed by atoms with Crippen molar-refractivity contribution in [1.29, 1.82) is 10.5 Å². The van der Waals surface area contributed by atoms with Gasteiger partial charge in [-0.05, 0) is 44.9 Å². The quantitative estimate of drug-likeness (QED) is 0.840. The van der Waals surface area contributed by atoms with Crippen LogP contribution in [0.1, 0.15) is 48.9 Å². The van der Waals surface area contributed by atoms with E-state index in [0.29, 0.717) is 16.8 Å². The minimum Gasteiger partial charge on any atom is -0.494 e. The molecule has 2 N–H and O–H groups in total. The van der Waals surface area contributed by atoms with Crippen molar-refractivity contribution >= 4 is 0 Å². The topological polar surface area (TPSA) is 102 Å². The predicted octanol–water partition coefficient (Wildman–Crippen LogP) is 2.89. The Morgan fingerprint density at radius 3 is 2.04 bits per heavy atom. The average Bonchev–Trinajstić information content (AvgIpc) is 3.11. The van der Waals surface area contributed by atoms with Crippen molar-refractivity contribution in [3.63, 3.8) is 0 Å². The van der Waals surface area contributed by atoms with Gasteiger partial charge in [-0.15, -0.1) is 0 Å². The maximum absolute atomic E-state index is 10.8. The summed E-state index contributed by atoms with van der Waals surface area (Å²) in [6.45, 7) is 3.82. The molecular weight excluding hydrogens is 306 g/mol. The number of fused-ring (bicyclic) bond motifs is 5. The minimum atomic E-state index is -0.623. The van der Waals surface area contributed by atoms with Gasteiger partial charge in [-0.2, -0.15) is 10.5 Å². The van der Waals surface area contributed by atoms with Gasteiger partial charge in [0.25, 0.3) is 0 Å². The van der Waals surface area contributed by atoms with E-state index >= 15 is 0 Å². The number of rotatable bonds is 1. The molecule has 120 valence electrons. The number of hydrogen-bond donors (Lipinski definition) is 2. The number of benzene rings is 1. The molecule has 2 bridgehead atoms. The lowest BCUT2D eigenvalue weighted by molar-refractivity contribution is -0.0683. The third kappa shape index (κ3) is 1.56. The first-order valence-corrected chi connectivity index (χ1v) is 7.67. The number of nitriles is 2. The molecule has 6 heteroatoms. The van der Waals surface area contributed by atoms with Crippen LogP contribution < -0.4 is 0 Å². The largest absolute Gasteiger partial charge is 0.494 e. The zero-order valence-electron chi connectivity index (χ0n) is 13.3. The lowest BCUT2D eigenvalue weighted by atomic mass is 9.80. The van der Waals surface area contributed by atoms with Gasteiger partial charge >= 0.3 is 0 Å². The van der Waals surface area contributed by atoms with E-state index < -0.39 is 11.2 Å². The van der Waals surface area contributed by atoms with Crippen LogP contribution in [-0.2, 0) is 15.9 Å². The van der Waals surface area contributed by atoms with Crippen molar-refractivity contribution in [2.75, 3.05) is 0 Å². The number of hydrogen-bond acceptors (Lipinski definition) is 5. The highest BCUT2D eigenvalue weighted by molar-refractivity contribution is 5.62. The van der Waals surface area contributed by atoms with Crippen LogP contribution >= 0.6 is 0 Å². The summed E-state index contributed by atoms with van der Waals surface area (Å²) in [7, 11) is 0. The van der Waals surface area contributed by atoms with E-state index in [1.807, 2.05) is 26.0 Å². The number of nitrogens with zero attached hydrogens (tertiary/aromatic N) is 3. The van der Waals surface area contributed by atoms with Crippen molar-refractivity contribution in [2.45, 2.75) is 37.9 Å². The van der Waals surface area contributed by atoms with Gasteiger partial charge in [-0.3, -0.25) is 4.57 Å². The fourth-order valence-corrected chi connectivity index (χ4v) is 4.08. The molecule has 0 unspecified atom stereocenters. The Kier molecular flexibility index (Phi) is 2.63. The van der Waals surface area contributed by atoms with Crippen molar-refractivity contribution < 1.29 is 14.9 Å². The summed E-state index contributed by atoms with van der Waals surface area (Å²) in [6, 6.07) is 8.51. The average molecular weight is 321 g/mol. The number of ether oxygens (including phenoxy) is 1. The van der Waals surface area contributed by atoms with E-state index in [2.05, 4.69) is 0 Å². The van der Waals surface area contributed by atoms with Crippen molar-refractivity contribution in [1.82, 2.24) is 4.57 Å². The van der Waals surface area contributed by atoms with Gasteiger partial charge in [0.15, 0.2) is 0 Å². The number of aromatic nitrogens is 1. The van der Waals surface area contributed by atoms with Crippen molar-refractivity contribution in [3.8, 4) is 29.6 Å². The highest BCUT2D eigenvalue weighted by Crippen LogP contribution is 2.64. The zero-order chi connectivity index (χ0) is 17.3. The van der Waals surface area contributed by atoms with Crippen molar-refractivity contribution in [3.05, 3.63) is 40.5 Å². The molecule has 0 radical (unpaired) electrons. The first kappa shape index (κ1) is 14.6. The molecule has 1 fully saturated rings. The minimum absolute atomic E-state index is 0.0815. The van der Waals surface area contributed by atoms with Crippen LogP contribution in [0.4, 0.5) is 0 Å². The van der Waals surface area contributed by atoms with Crippen LogP contribution in [-0.4, -0.2) is 14.8 Å². The Hall–Kier alpha value is -2.96. The number of aromatic hydroxyl groups is 2. The van der Waals surface area contributed by atoms with Gasteiger partial charge in [-0.25, -0.2) is 0 Å². The summed E-state index contributed by atoms with van der Waals surface area (Å²) in [5.74, 6) is -0.163. The molecule has 0 aliphatic carbocycles. The van der Waals surface area contributed by atoms with Crippen LogP contribution in [0.15, 0.2) is 18.2 Å². The van der Waals surface area contributed by atoms with Gasteiger partial charge in [0.2, 0.25) is 11.8 Å². The SMILES string of the molecule is C[C@]12CC[C@](C)(O1)c1c2c(O)n(-c2ccc(C#N)c(C#N)c2)c1O. The van der Waals surface area contributed by atoms with Crippen LogP contribution in [0.5, 0.6) is 11.8 Å². The Morgan fingerprint density at radius 2 is 1.54 bits per heavy atom. The molecule has 2 atom stereocenters. The van der Waals surface area contributed by atoms with Crippen LogP contribution in [0.2, 0.25) is 0 Å². The second-order valence-corrected chi connectivity index (χ2v) is 6.75. The zero-order valence-corrected chi connectivity index (χ0v) is 13.3. The van der Waals surface area contributed by atoms with Crippen LogP contribution in [0.3, 0.4) is 0 Å². The molecule has 1 saturated heterocycles. The maximum Gasteiger partial charge on any atom is 0.205 e. The highest BCUT2D eigenvalue weighted by Gasteiger charge is 2.59. The summed E-state index contributed by atoms with van der Waals surface area (Å²) in [5, 5.41) is 39.7. The smallest absolute Gasteiger partial charge is 0.205 e. The molecule has 2 aliphatic rings. The van der Waals surface area contributed by atoms with E-state index in [1.54, 1.807) is 6.07 Å². The fraction of sp³-hybridized carbons (Fsp3) is 0.333. The monoisotopic (exact) mass is 321 g/mol. The molecule has 4 rings (SSSR count). The summed E-state index contributed by atoms with van der Waals surface area (Å²) in [4.78, 5) is 0. The van der Waals surface area contributed by atoms with E-state index in [4.69, 9.17) is 10.00 Å². The van der Waals surface area contributed by atoms with E-state index in [-0.39, 0.29) is 22.9 Å². The first-order chi connectivity index (χ1) is 11.3. The Bertz CT molecular complexity index is 939. The lowest BCUT2D eigenvalue weighted by Gasteiger charge is -2.21. The van der Waals surface area contributed by atoms with E-state index in [9.17, 15) is 15.5 Å². The molecular formula is C18H15N3O3. The van der Waals surface area contributed by atoms with Crippen LogP contribution in [0.25, 0.3) is 5.69 Å². The van der Waals surface area contributed by atoms with Gasteiger partial charge in [0.05, 0.1) is 39.1 Å². The van der Waals surface area contributed by atoms with Gasteiger partial charge in [-0.1, -0.05) is 0 Å². The molecule has 1 aromatic carbocycles. The predicted molar refractivity (Wildman–Crippen MR) is 83.6 cm³/mol. The molecule has 3 heterocycles. The first-order valence-electron chi connectivity index (χ1n) is 7.67. The second kappa shape index (κ2) is 4.31. The van der Waals surface area contributed by atoms with Gasteiger partial charge in [0, 0.05) is 0 Å². The molecule has 2 aromatic rings. The Labute approximate surface area is 138 Å². The molecule has 6 nitrogen and oxygen atoms in total. The van der Waals surface area contributed by atoms with Gasteiger partial charge in [0.1, 0.15) is 12.1 Å². The molecule has 0 spiro atoms. The third-order valence-corrected chi connectivity index (χ3v) is 5.21. The maximum atomic E-state index is 10.8. The van der Waals surface area contributed by atoms with Crippen molar-refractivity contribution in [2.24, 2.45) is 0 Å². The summed E-state index contributed by atoms with van der Waals surface area (Å²) in [6.07, 6.45) is 1.54. The summed E-state index contributed by atoms with van der Waals surface area (Å²) >= 11 is 0. The molecule has 2 aliphatic heterocycles. The Balaban J connectivity index is 1.98. The second-order valence-electron chi connectivity index (χ2n) is 6.75. The normalized spacial score (nSPS) is 26.8. The summed E-state index contributed by atoms with van der Waals surface area (Å²) < 4.78 is 7.38. The van der Waals surface area contributed by atoms with Gasteiger partial charge < -0.3 is 14.9 Å². The molecule has 0 amide bonds. The molecule has 1 aromatic heterocycles. The Morgan fingerprint density at radius 1 is 1.00 bits per heavy atom. The van der Waals surface area contributed by atoms with E-state index in [0.717, 1.165) is 12.8 Å².